The third-order valence-corrected chi connectivity index (χ3v) is 3.11. The number of nitrogen functional groups attached to an aromatic ring is 1. The van der Waals surface area contributed by atoms with Crippen molar-refractivity contribution in [2.75, 3.05) is 5.73 Å². The van der Waals surface area contributed by atoms with Gasteiger partial charge >= 0.3 is 0 Å². The molecule has 0 atom stereocenters. The molecule has 0 aliphatic heterocycles. The topological polar surface area (TPSA) is 81.5 Å². The third-order valence-electron chi connectivity index (χ3n) is 3.11. The van der Waals surface area contributed by atoms with Gasteiger partial charge in [0, 0.05) is 0 Å². The van der Waals surface area contributed by atoms with Crippen LogP contribution in [0, 0.1) is 0 Å². The van der Waals surface area contributed by atoms with Gasteiger partial charge in [-0.2, -0.15) is 0 Å². The number of aromatic nitrogens is 1. The summed E-state index contributed by atoms with van der Waals surface area (Å²) in [4.78, 5) is 0. The van der Waals surface area contributed by atoms with E-state index in [1.54, 1.807) is 18.2 Å². The average Bonchev–Trinajstić information content (AvgIpc) is 2.94. The molecule has 5 heteroatoms. The zero-order chi connectivity index (χ0) is 14.7. The number of hydrogen-bond donors (Lipinski definition) is 2. The highest BCUT2D eigenvalue weighted by atomic mass is 16.5. The van der Waals surface area contributed by atoms with E-state index in [-0.39, 0.29) is 11.6 Å². The molecule has 0 bridgehead atoms. The Kier molecular flexibility index (Phi) is 3.47. The van der Waals surface area contributed by atoms with Crippen LogP contribution in [0.25, 0.3) is 11.1 Å². The number of anilines is 1. The molecule has 3 aromatic rings. The van der Waals surface area contributed by atoms with Gasteiger partial charge in [-0.3, -0.25) is 0 Å². The van der Waals surface area contributed by atoms with Crippen LogP contribution in [0.3, 0.4) is 0 Å². The van der Waals surface area contributed by atoms with Crippen molar-refractivity contribution >= 4 is 5.88 Å². The second-order valence-corrected chi connectivity index (χ2v) is 4.56. The second kappa shape index (κ2) is 5.58. The van der Waals surface area contributed by atoms with Crippen molar-refractivity contribution < 1.29 is 14.4 Å². The van der Waals surface area contributed by atoms with Crippen molar-refractivity contribution in [3.05, 3.63) is 60.3 Å². The molecule has 3 rings (SSSR count). The minimum atomic E-state index is 0.0738. The van der Waals surface area contributed by atoms with Gasteiger partial charge in [0.25, 0.3) is 0 Å². The van der Waals surface area contributed by atoms with E-state index in [1.165, 1.54) is 6.20 Å². The van der Waals surface area contributed by atoms with Gasteiger partial charge in [0.15, 0.2) is 11.5 Å². The maximum atomic E-state index is 9.88. The highest BCUT2D eigenvalue weighted by molar-refractivity contribution is 5.73. The molecule has 1 aromatic heterocycles. The molecular formula is C16H14N2O3. The van der Waals surface area contributed by atoms with Crippen molar-refractivity contribution in [3.63, 3.8) is 0 Å². The summed E-state index contributed by atoms with van der Waals surface area (Å²) in [7, 11) is 0. The molecule has 5 nitrogen and oxygen atoms in total. The minimum absolute atomic E-state index is 0.0738. The van der Waals surface area contributed by atoms with E-state index in [9.17, 15) is 5.11 Å². The quantitative estimate of drug-likeness (QED) is 0.768. The van der Waals surface area contributed by atoms with Gasteiger partial charge in [-0.15, -0.1) is 0 Å². The standard InChI is InChI=1S/C16H14N2O3/c17-16-13(9-18-21-16)12-6-7-14(19)15(8-12)20-10-11-4-2-1-3-5-11/h1-9,19H,10,17H2. The van der Waals surface area contributed by atoms with Crippen molar-refractivity contribution in [1.82, 2.24) is 5.16 Å². The third kappa shape index (κ3) is 2.81. The van der Waals surface area contributed by atoms with Gasteiger partial charge in [0.05, 0.1) is 11.8 Å². The van der Waals surface area contributed by atoms with Gasteiger partial charge in [-0.1, -0.05) is 41.6 Å². The fourth-order valence-electron chi connectivity index (χ4n) is 2.00. The van der Waals surface area contributed by atoms with Crippen LogP contribution in [0.5, 0.6) is 11.5 Å². The normalized spacial score (nSPS) is 10.5. The average molecular weight is 282 g/mol. The molecule has 0 saturated carbocycles. The Balaban J connectivity index is 1.83. The first-order valence-electron chi connectivity index (χ1n) is 6.44. The second-order valence-electron chi connectivity index (χ2n) is 4.56. The lowest BCUT2D eigenvalue weighted by Crippen LogP contribution is -1.95. The zero-order valence-electron chi connectivity index (χ0n) is 11.2. The smallest absolute Gasteiger partial charge is 0.229 e. The summed E-state index contributed by atoms with van der Waals surface area (Å²) < 4.78 is 10.5. The summed E-state index contributed by atoms with van der Waals surface area (Å²) in [5.74, 6) is 0.691. The molecule has 0 spiro atoms. The largest absolute Gasteiger partial charge is 0.504 e. The van der Waals surface area contributed by atoms with E-state index < -0.39 is 0 Å². The Morgan fingerprint density at radius 1 is 1.14 bits per heavy atom. The van der Waals surface area contributed by atoms with Gasteiger partial charge in [0.2, 0.25) is 5.88 Å². The first-order chi connectivity index (χ1) is 10.2. The summed E-state index contributed by atoms with van der Waals surface area (Å²) >= 11 is 0. The number of phenols is 1. The Morgan fingerprint density at radius 2 is 1.95 bits per heavy atom. The summed E-state index contributed by atoms with van der Waals surface area (Å²) in [6, 6.07) is 14.7. The lowest BCUT2D eigenvalue weighted by molar-refractivity contribution is 0.289. The van der Waals surface area contributed by atoms with Gasteiger partial charge in [-0.25, -0.2) is 0 Å². The SMILES string of the molecule is Nc1oncc1-c1ccc(O)c(OCc2ccccc2)c1. The van der Waals surface area contributed by atoms with E-state index in [1.807, 2.05) is 30.3 Å². The molecule has 3 N–H and O–H groups in total. The van der Waals surface area contributed by atoms with Crippen molar-refractivity contribution in [2.24, 2.45) is 0 Å². The maximum Gasteiger partial charge on any atom is 0.229 e. The number of phenolic OH excluding ortho intramolecular Hbond substituents is 1. The maximum absolute atomic E-state index is 9.88. The van der Waals surface area contributed by atoms with E-state index in [2.05, 4.69) is 5.16 Å². The molecule has 0 aliphatic carbocycles. The van der Waals surface area contributed by atoms with Crippen LogP contribution in [0.2, 0.25) is 0 Å². The van der Waals surface area contributed by atoms with Crippen molar-refractivity contribution in [3.8, 4) is 22.6 Å². The lowest BCUT2D eigenvalue weighted by atomic mass is 10.1. The van der Waals surface area contributed by atoms with Crippen LogP contribution in [-0.2, 0) is 6.61 Å². The van der Waals surface area contributed by atoms with Crippen LogP contribution in [-0.4, -0.2) is 10.3 Å². The van der Waals surface area contributed by atoms with Gasteiger partial charge in [0.1, 0.15) is 6.61 Å². The fourth-order valence-corrected chi connectivity index (χ4v) is 2.00. The van der Waals surface area contributed by atoms with Crippen LogP contribution in [0.4, 0.5) is 5.88 Å². The van der Waals surface area contributed by atoms with E-state index in [0.29, 0.717) is 17.9 Å². The van der Waals surface area contributed by atoms with Gasteiger partial charge in [-0.05, 0) is 23.3 Å². The number of benzene rings is 2. The summed E-state index contributed by atoms with van der Waals surface area (Å²) in [6.45, 7) is 0.372. The highest BCUT2D eigenvalue weighted by Gasteiger charge is 2.11. The molecule has 0 unspecified atom stereocenters. The Labute approximate surface area is 121 Å². The molecule has 106 valence electrons. The summed E-state index contributed by atoms with van der Waals surface area (Å²) in [6.07, 6.45) is 1.53. The first kappa shape index (κ1) is 13.1. The number of rotatable bonds is 4. The van der Waals surface area contributed by atoms with Crippen LogP contribution >= 0.6 is 0 Å². The Morgan fingerprint density at radius 3 is 2.67 bits per heavy atom. The Bertz CT molecular complexity index is 738. The number of nitrogens with two attached hydrogens (primary N) is 1. The molecule has 2 aromatic carbocycles. The molecular weight excluding hydrogens is 268 g/mol. The van der Waals surface area contributed by atoms with Crippen molar-refractivity contribution in [2.45, 2.75) is 6.61 Å². The van der Waals surface area contributed by atoms with Crippen LogP contribution < -0.4 is 10.5 Å². The number of aromatic hydroxyl groups is 1. The molecule has 0 saturated heterocycles. The molecule has 0 fully saturated rings. The van der Waals surface area contributed by atoms with E-state index in [0.717, 1.165) is 11.1 Å². The minimum Gasteiger partial charge on any atom is -0.504 e. The number of nitrogens with zero attached hydrogens (tertiary/aromatic N) is 1. The van der Waals surface area contributed by atoms with Crippen molar-refractivity contribution in [1.29, 1.82) is 0 Å². The molecule has 0 radical (unpaired) electrons. The monoisotopic (exact) mass is 282 g/mol. The molecule has 21 heavy (non-hydrogen) atoms. The fraction of sp³-hybridized carbons (Fsp3) is 0.0625. The van der Waals surface area contributed by atoms with Gasteiger partial charge < -0.3 is 20.1 Å². The zero-order valence-corrected chi connectivity index (χ0v) is 11.2. The predicted octanol–water partition coefficient (Wildman–Crippen LogP) is 3.21. The molecule has 0 aliphatic rings. The molecule has 1 heterocycles. The summed E-state index contributed by atoms with van der Waals surface area (Å²) in [5, 5.41) is 13.5. The molecule has 0 amide bonds. The van der Waals surface area contributed by atoms with E-state index >= 15 is 0 Å². The predicted molar refractivity (Wildman–Crippen MR) is 78.8 cm³/mol. The Hall–Kier alpha value is -2.95. The number of ether oxygens (including phenoxy) is 1. The lowest BCUT2D eigenvalue weighted by Gasteiger charge is -2.09. The first-order valence-corrected chi connectivity index (χ1v) is 6.44. The summed E-state index contributed by atoms with van der Waals surface area (Å²) in [5.41, 5.74) is 8.15. The number of hydrogen-bond acceptors (Lipinski definition) is 5. The highest BCUT2D eigenvalue weighted by Crippen LogP contribution is 2.34. The van der Waals surface area contributed by atoms with E-state index in [4.69, 9.17) is 15.0 Å². The van der Waals surface area contributed by atoms with Crippen LogP contribution in [0.15, 0.2) is 59.3 Å². The van der Waals surface area contributed by atoms with Crippen LogP contribution in [0.1, 0.15) is 5.56 Å².